The number of halogens is 1. The molecule has 0 saturated heterocycles. The van der Waals surface area contributed by atoms with Crippen LogP contribution < -0.4 is 5.32 Å². The first-order valence-corrected chi connectivity index (χ1v) is 5.23. The maximum atomic E-state index is 5.55. The smallest absolute Gasteiger partial charge is 0.0223 e. The molecule has 0 unspecified atom stereocenters. The van der Waals surface area contributed by atoms with Crippen molar-refractivity contribution in [1.29, 1.82) is 0 Å². The van der Waals surface area contributed by atoms with Crippen molar-refractivity contribution in [2.75, 3.05) is 19.0 Å². The molecule has 0 aromatic rings. The van der Waals surface area contributed by atoms with E-state index >= 15 is 0 Å². The first kappa shape index (κ1) is 9.34. The van der Waals surface area contributed by atoms with E-state index in [2.05, 4.69) is 5.32 Å². The summed E-state index contributed by atoms with van der Waals surface area (Å²) in [6.45, 7) is 2.39. The molecule has 66 valence electrons. The lowest BCUT2D eigenvalue weighted by atomic mass is 9.85. The van der Waals surface area contributed by atoms with Crippen LogP contribution in [0.4, 0.5) is 0 Å². The Hall–Kier alpha value is 0.250. The van der Waals surface area contributed by atoms with Crippen molar-refractivity contribution in [3.8, 4) is 0 Å². The first-order chi connectivity index (χ1) is 5.43. The zero-order valence-electron chi connectivity index (χ0n) is 7.11. The standard InChI is InChI=1S/C9H18ClN/c10-6-1-2-7-11-8-9-4-3-5-9/h9,11H,1-8H2. The monoisotopic (exact) mass is 175 g/mol. The third kappa shape index (κ3) is 3.97. The molecule has 11 heavy (non-hydrogen) atoms. The second-order valence-corrected chi connectivity index (χ2v) is 3.78. The molecule has 0 atom stereocenters. The fraction of sp³-hybridized carbons (Fsp3) is 1.00. The highest BCUT2D eigenvalue weighted by molar-refractivity contribution is 6.17. The van der Waals surface area contributed by atoms with Gasteiger partial charge in [0, 0.05) is 5.88 Å². The lowest BCUT2D eigenvalue weighted by Crippen LogP contribution is -2.27. The molecule has 0 aliphatic heterocycles. The summed E-state index contributed by atoms with van der Waals surface area (Å²) in [6.07, 6.45) is 6.73. The van der Waals surface area contributed by atoms with Gasteiger partial charge in [-0.3, -0.25) is 0 Å². The summed E-state index contributed by atoms with van der Waals surface area (Å²) in [7, 11) is 0. The highest BCUT2D eigenvalue weighted by Gasteiger charge is 2.15. The summed E-state index contributed by atoms with van der Waals surface area (Å²) in [5, 5.41) is 3.46. The molecule has 1 rings (SSSR count). The van der Waals surface area contributed by atoms with Crippen LogP contribution in [0.15, 0.2) is 0 Å². The van der Waals surface area contributed by atoms with E-state index in [9.17, 15) is 0 Å². The van der Waals surface area contributed by atoms with Crippen LogP contribution in [0.1, 0.15) is 32.1 Å². The Bertz CT molecular complexity index is 91.6. The maximum Gasteiger partial charge on any atom is 0.0223 e. The highest BCUT2D eigenvalue weighted by atomic mass is 35.5. The molecular formula is C9H18ClN. The van der Waals surface area contributed by atoms with Crippen molar-refractivity contribution >= 4 is 11.6 Å². The molecule has 0 amide bonds. The second kappa shape index (κ2) is 5.84. The molecule has 0 aromatic carbocycles. The number of alkyl halides is 1. The summed E-state index contributed by atoms with van der Waals surface area (Å²) in [5.41, 5.74) is 0. The highest BCUT2D eigenvalue weighted by Crippen LogP contribution is 2.24. The van der Waals surface area contributed by atoms with E-state index in [-0.39, 0.29) is 0 Å². The van der Waals surface area contributed by atoms with Crippen LogP contribution in [-0.2, 0) is 0 Å². The Morgan fingerprint density at radius 3 is 2.64 bits per heavy atom. The lowest BCUT2D eigenvalue weighted by Gasteiger charge is -2.25. The third-order valence-corrected chi connectivity index (χ3v) is 2.66. The topological polar surface area (TPSA) is 12.0 Å². The molecule has 1 nitrogen and oxygen atoms in total. The molecule has 0 heterocycles. The van der Waals surface area contributed by atoms with Gasteiger partial charge in [0.25, 0.3) is 0 Å². The van der Waals surface area contributed by atoms with Crippen molar-refractivity contribution in [3.63, 3.8) is 0 Å². The molecule has 0 aromatic heterocycles. The minimum Gasteiger partial charge on any atom is -0.316 e. The van der Waals surface area contributed by atoms with Gasteiger partial charge in [-0.05, 0) is 44.7 Å². The summed E-state index contributed by atoms with van der Waals surface area (Å²) in [4.78, 5) is 0. The van der Waals surface area contributed by atoms with E-state index in [1.807, 2.05) is 0 Å². The van der Waals surface area contributed by atoms with Gasteiger partial charge >= 0.3 is 0 Å². The SMILES string of the molecule is ClCCCCNCC1CCC1. The van der Waals surface area contributed by atoms with Gasteiger partial charge in [0.05, 0.1) is 0 Å². The minimum atomic E-state index is 0.811. The zero-order chi connectivity index (χ0) is 7.94. The summed E-state index contributed by atoms with van der Waals surface area (Å²) in [6, 6.07) is 0. The van der Waals surface area contributed by atoms with Crippen LogP contribution in [0.2, 0.25) is 0 Å². The van der Waals surface area contributed by atoms with Gasteiger partial charge in [0.15, 0.2) is 0 Å². The molecule has 1 aliphatic carbocycles. The molecule has 1 aliphatic rings. The zero-order valence-corrected chi connectivity index (χ0v) is 7.87. The molecule has 1 fully saturated rings. The Labute approximate surface area is 74.5 Å². The second-order valence-electron chi connectivity index (χ2n) is 3.40. The molecule has 1 saturated carbocycles. The fourth-order valence-corrected chi connectivity index (χ4v) is 1.54. The van der Waals surface area contributed by atoms with E-state index < -0.39 is 0 Å². The Morgan fingerprint density at radius 2 is 2.09 bits per heavy atom. The average molecular weight is 176 g/mol. The van der Waals surface area contributed by atoms with Crippen LogP contribution in [0.3, 0.4) is 0 Å². The van der Waals surface area contributed by atoms with Crippen LogP contribution in [0.5, 0.6) is 0 Å². The average Bonchev–Trinajstić information content (AvgIpc) is 1.93. The predicted octanol–water partition coefficient (Wildman–Crippen LogP) is 2.40. The summed E-state index contributed by atoms with van der Waals surface area (Å²) >= 11 is 5.55. The number of unbranched alkanes of at least 4 members (excludes halogenated alkanes) is 1. The van der Waals surface area contributed by atoms with Gasteiger partial charge in [-0.15, -0.1) is 11.6 Å². The third-order valence-electron chi connectivity index (χ3n) is 2.39. The van der Waals surface area contributed by atoms with Crippen molar-refractivity contribution in [2.24, 2.45) is 5.92 Å². The number of hydrogen-bond donors (Lipinski definition) is 1. The van der Waals surface area contributed by atoms with Crippen molar-refractivity contribution in [1.82, 2.24) is 5.32 Å². The molecule has 0 radical (unpaired) electrons. The minimum absolute atomic E-state index is 0.811. The quantitative estimate of drug-likeness (QED) is 0.483. The lowest BCUT2D eigenvalue weighted by molar-refractivity contribution is 0.301. The molecule has 0 spiro atoms. The number of hydrogen-bond acceptors (Lipinski definition) is 1. The number of nitrogens with one attached hydrogen (secondary N) is 1. The molecule has 2 heteroatoms. The van der Waals surface area contributed by atoms with Crippen molar-refractivity contribution < 1.29 is 0 Å². The Kier molecular flexibility index (Phi) is 4.96. The van der Waals surface area contributed by atoms with Gasteiger partial charge in [0.2, 0.25) is 0 Å². The fourth-order valence-electron chi connectivity index (χ4n) is 1.35. The normalized spacial score (nSPS) is 18.3. The van der Waals surface area contributed by atoms with Crippen LogP contribution in [0, 0.1) is 5.92 Å². The summed E-state index contributed by atoms with van der Waals surface area (Å²) in [5.74, 6) is 1.80. The molecular weight excluding hydrogens is 158 g/mol. The van der Waals surface area contributed by atoms with Crippen LogP contribution >= 0.6 is 11.6 Å². The van der Waals surface area contributed by atoms with Gasteiger partial charge < -0.3 is 5.32 Å². The van der Waals surface area contributed by atoms with E-state index in [0.29, 0.717) is 0 Å². The number of rotatable bonds is 6. The van der Waals surface area contributed by atoms with E-state index in [1.165, 1.54) is 32.2 Å². The summed E-state index contributed by atoms with van der Waals surface area (Å²) < 4.78 is 0. The molecule has 0 bridgehead atoms. The van der Waals surface area contributed by atoms with Gasteiger partial charge in [-0.2, -0.15) is 0 Å². The Balaban J connectivity index is 1.73. The van der Waals surface area contributed by atoms with E-state index in [0.717, 1.165) is 24.8 Å². The van der Waals surface area contributed by atoms with Gasteiger partial charge in [-0.25, -0.2) is 0 Å². The van der Waals surface area contributed by atoms with Crippen molar-refractivity contribution in [3.05, 3.63) is 0 Å². The van der Waals surface area contributed by atoms with Crippen LogP contribution in [0.25, 0.3) is 0 Å². The van der Waals surface area contributed by atoms with Crippen LogP contribution in [-0.4, -0.2) is 19.0 Å². The largest absolute Gasteiger partial charge is 0.316 e. The predicted molar refractivity (Wildman–Crippen MR) is 50.2 cm³/mol. The van der Waals surface area contributed by atoms with E-state index in [1.54, 1.807) is 0 Å². The van der Waals surface area contributed by atoms with Crippen molar-refractivity contribution in [2.45, 2.75) is 32.1 Å². The van der Waals surface area contributed by atoms with E-state index in [4.69, 9.17) is 11.6 Å². The Morgan fingerprint density at radius 1 is 1.27 bits per heavy atom. The first-order valence-electron chi connectivity index (χ1n) is 4.70. The van der Waals surface area contributed by atoms with Gasteiger partial charge in [-0.1, -0.05) is 6.42 Å². The molecule has 1 N–H and O–H groups in total. The van der Waals surface area contributed by atoms with Gasteiger partial charge in [0.1, 0.15) is 0 Å². The maximum absolute atomic E-state index is 5.55.